The first-order valence-corrected chi connectivity index (χ1v) is 8.00. The number of carbonyl (C=O) groups excluding carboxylic acids is 1. The Morgan fingerprint density at radius 1 is 1.26 bits per heavy atom. The molecule has 0 fully saturated rings. The zero-order valence-electron chi connectivity index (χ0n) is 12.1. The highest BCUT2D eigenvalue weighted by molar-refractivity contribution is 7.89. The van der Waals surface area contributed by atoms with Crippen molar-refractivity contribution in [3.8, 4) is 0 Å². The first-order chi connectivity index (χ1) is 10.8. The standard InChI is InChI=1S/C13H14F2N4O3S/c1-19-7-5-12(18-19)17-13(20)4-6-16-23(21,22)9-2-3-10(14)11(15)8-9/h2-3,5,7-8,16H,4,6H2,1H3,(H,17,18,20). The number of nitrogens with zero attached hydrogens (tertiary/aromatic N) is 2. The van der Waals surface area contributed by atoms with Crippen molar-refractivity contribution in [2.24, 2.45) is 7.05 Å². The molecule has 124 valence electrons. The van der Waals surface area contributed by atoms with E-state index in [-0.39, 0.29) is 13.0 Å². The maximum Gasteiger partial charge on any atom is 0.240 e. The van der Waals surface area contributed by atoms with Crippen LogP contribution in [-0.4, -0.2) is 30.7 Å². The Hall–Kier alpha value is -2.33. The molecule has 0 aliphatic heterocycles. The van der Waals surface area contributed by atoms with Crippen molar-refractivity contribution >= 4 is 21.7 Å². The van der Waals surface area contributed by atoms with Crippen molar-refractivity contribution < 1.29 is 22.0 Å². The average molecular weight is 344 g/mol. The Kier molecular flexibility index (Phi) is 5.06. The normalized spacial score (nSPS) is 11.4. The number of halogens is 2. The quantitative estimate of drug-likeness (QED) is 0.818. The largest absolute Gasteiger partial charge is 0.309 e. The fourth-order valence-electron chi connectivity index (χ4n) is 1.71. The second-order valence-electron chi connectivity index (χ2n) is 4.65. The lowest BCUT2D eigenvalue weighted by Crippen LogP contribution is -2.28. The minimum atomic E-state index is -4.02. The molecule has 23 heavy (non-hydrogen) atoms. The summed E-state index contributed by atoms with van der Waals surface area (Å²) in [5.41, 5.74) is 0. The number of aromatic nitrogens is 2. The smallest absolute Gasteiger partial charge is 0.240 e. The zero-order chi connectivity index (χ0) is 17.0. The fraction of sp³-hybridized carbons (Fsp3) is 0.231. The van der Waals surface area contributed by atoms with Gasteiger partial charge in [0.05, 0.1) is 4.90 Å². The molecule has 2 rings (SSSR count). The van der Waals surface area contributed by atoms with Crippen LogP contribution >= 0.6 is 0 Å². The maximum absolute atomic E-state index is 13.1. The molecule has 0 aliphatic carbocycles. The molecule has 0 saturated heterocycles. The van der Waals surface area contributed by atoms with E-state index in [9.17, 15) is 22.0 Å². The molecular formula is C13H14F2N4O3S. The molecule has 0 spiro atoms. The van der Waals surface area contributed by atoms with Crippen molar-refractivity contribution in [2.45, 2.75) is 11.3 Å². The van der Waals surface area contributed by atoms with Crippen LogP contribution in [0.2, 0.25) is 0 Å². The van der Waals surface area contributed by atoms with Crippen molar-refractivity contribution in [1.29, 1.82) is 0 Å². The van der Waals surface area contributed by atoms with Gasteiger partial charge in [-0.25, -0.2) is 21.9 Å². The summed E-state index contributed by atoms with van der Waals surface area (Å²) in [6.45, 7) is -0.194. The maximum atomic E-state index is 13.1. The monoisotopic (exact) mass is 344 g/mol. The van der Waals surface area contributed by atoms with Crippen LogP contribution in [0.1, 0.15) is 6.42 Å². The van der Waals surface area contributed by atoms with Gasteiger partial charge in [-0.15, -0.1) is 0 Å². The van der Waals surface area contributed by atoms with Gasteiger partial charge in [-0.1, -0.05) is 0 Å². The van der Waals surface area contributed by atoms with Crippen molar-refractivity contribution in [3.63, 3.8) is 0 Å². The number of hydrogen-bond acceptors (Lipinski definition) is 4. The van der Waals surface area contributed by atoms with Gasteiger partial charge in [0.15, 0.2) is 17.5 Å². The predicted octanol–water partition coefficient (Wildman–Crippen LogP) is 1.01. The van der Waals surface area contributed by atoms with Crippen LogP contribution in [0.3, 0.4) is 0 Å². The van der Waals surface area contributed by atoms with Crippen LogP contribution in [0.25, 0.3) is 0 Å². The second kappa shape index (κ2) is 6.84. The summed E-state index contributed by atoms with van der Waals surface area (Å²) < 4.78 is 53.3. The van der Waals surface area contributed by atoms with Gasteiger partial charge in [-0.05, 0) is 18.2 Å². The number of rotatable bonds is 6. The Morgan fingerprint density at radius 2 is 2.00 bits per heavy atom. The molecule has 7 nitrogen and oxygen atoms in total. The van der Waals surface area contributed by atoms with Crippen LogP contribution < -0.4 is 10.0 Å². The summed E-state index contributed by atoms with van der Waals surface area (Å²) in [5.74, 6) is -2.49. The summed E-state index contributed by atoms with van der Waals surface area (Å²) in [5, 5.41) is 6.43. The van der Waals surface area contributed by atoms with Gasteiger partial charge in [-0.2, -0.15) is 5.10 Å². The van der Waals surface area contributed by atoms with E-state index in [1.54, 1.807) is 19.3 Å². The van der Waals surface area contributed by atoms with Gasteiger partial charge in [0.25, 0.3) is 0 Å². The molecule has 1 amide bonds. The molecule has 0 radical (unpaired) electrons. The number of sulfonamides is 1. The van der Waals surface area contributed by atoms with E-state index in [1.807, 2.05) is 0 Å². The lowest BCUT2D eigenvalue weighted by molar-refractivity contribution is -0.116. The number of nitrogens with one attached hydrogen (secondary N) is 2. The summed E-state index contributed by atoms with van der Waals surface area (Å²) >= 11 is 0. The van der Waals surface area contributed by atoms with Crippen LogP contribution in [-0.2, 0) is 21.9 Å². The van der Waals surface area contributed by atoms with Crippen LogP contribution in [0, 0.1) is 11.6 Å². The minimum absolute atomic E-state index is 0.139. The molecule has 1 heterocycles. The molecule has 0 unspecified atom stereocenters. The molecular weight excluding hydrogens is 330 g/mol. The van der Waals surface area contributed by atoms with E-state index < -0.39 is 32.5 Å². The van der Waals surface area contributed by atoms with Crippen LogP contribution in [0.15, 0.2) is 35.4 Å². The van der Waals surface area contributed by atoms with Gasteiger partial charge in [0, 0.05) is 32.3 Å². The van der Waals surface area contributed by atoms with E-state index in [0.29, 0.717) is 11.9 Å². The van der Waals surface area contributed by atoms with E-state index in [2.05, 4.69) is 15.1 Å². The highest BCUT2D eigenvalue weighted by atomic mass is 32.2. The molecule has 0 aliphatic rings. The van der Waals surface area contributed by atoms with Gasteiger partial charge in [0.1, 0.15) is 0 Å². The van der Waals surface area contributed by atoms with Gasteiger partial charge in [-0.3, -0.25) is 9.48 Å². The summed E-state index contributed by atoms with van der Waals surface area (Å²) in [6.07, 6.45) is 1.50. The minimum Gasteiger partial charge on any atom is -0.309 e. The lowest BCUT2D eigenvalue weighted by Gasteiger charge is -2.07. The number of benzene rings is 1. The number of carbonyl (C=O) groups is 1. The summed E-state index contributed by atoms with van der Waals surface area (Å²) in [6, 6.07) is 3.82. The van der Waals surface area contributed by atoms with Crippen molar-refractivity contribution in [2.75, 3.05) is 11.9 Å². The SMILES string of the molecule is Cn1ccc(NC(=O)CCNS(=O)(=O)c2ccc(F)c(F)c2)n1. The average Bonchev–Trinajstić information content (AvgIpc) is 2.86. The first-order valence-electron chi connectivity index (χ1n) is 6.52. The van der Waals surface area contributed by atoms with E-state index in [1.165, 1.54) is 4.68 Å². The lowest BCUT2D eigenvalue weighted by atomic mass is 10.3. The van der Waals surface area contributed by atoms with Gasteiger partial charge < -0.3 is 5.32 Å². The highest BCUT2D eigenvalue weighted by Crippen LogP contribution is 2.13. The van der Waals surface area contributed by atoms with Crippen molar-refractivity contribution in [3.05, 3.63) is 42.1 Å². The number of anilines is 1. The van der Waals surface area contributed by atoms with Gasteiger partial charge >= 0.3 is 0 Å². The molecule has 0 saturated carbocycles. The number of amides is 1. The molecule has 0 atom stereocenters. The highest BCUT2D eigenvalue weighted by Gasteiger charge is 2.16. The third kappa shape index (κ3) is 4.57. The Morgan fingerprint density at radius 3 is 2.61 bits per heavy atom. The Labute approximate surface area is 131 Å². The predicted molar refractivity (Wildman–Crippen MR) is 78.0 cm³/mol. The molecule has 2 aromatic rings. The fourth-order valence-corrected chi connectivity index (χ4v) is 2.76. The third-order valence-corrected chi connectivity index (χ3v) is 4.29. The molecule has 10 heteroatoms. The molecule has 2 N–H and O–H groups in total. The Bertz CT molecular complexity index is 820. The summed E-state index contributed by atoms with van der Waals surface area (Å²) in [7, 11) is -2.33. The Balaban J connectivity index is 1.89. The van der Waals surface area contributed by atoms with E-state index in [0.717, 1.165) is 12.1 Å². The first kappa shape index (κ1) is 17.0. The van der Waals surface area contributed by atoms with Crippen LogP contribution in [0.4, 0.5) is 14.6 Å². The molecule has 0 bridgehead atoms. The zero-order valence-corrected chi connectivity index (χ0v) is 12.9. The van der Waals surface area contributed by atoms with E-state index >= 15 is 0 Å². The number of aryl methyl sites for hydroxylation is 1. The van der Waals surface area contributed by atoms with E-state index in [4.69, 9.17) is 0 Å². The summed E-state index contributed by atoms with van der Waals surface area (Å²) in [4.78, 5) is 11.2. The number of hydrogen-bond donors (Lipinski definition) is 2. The van der Waals surface area contributed by atoms with Gasteiger partial charge in [0.2, 0.25) is 15.9 Å². The topological polar surface area (TPSA) is 93.1 Å². The molecule has 1 aromatic heterocycles. The van der Waals surface area contributed by atoms with Crippen molar-refractivity contribution in [1.82, 2.24) is 14.5 Å². The second-order valence-corrected chi connectivity index (χ2v) is 6.41. The molecule has 1 aromatic carbocycles. The third-order valence-electron chi connectivity index (χ3n) is 2.83. The van der Waals surface area contributed by atoms with Crippen LogP contribution in [0.5, 0.6) is 0 Å².